The molecule has 4 nitrogen and oxygen atoms in total. The van der Waals surface area contributed by atoms with E-state index < -0.39 is 23.2 Å². The fourth-order valence-corrected chi connectivity index (χ4v) is 6.39. The van der Waals surface area contributed by atoms with Crippen LogP contribution in [0.2, 0.25) is 0 Å². The average molecular weight is 338 g/mol. The molecule has 0 heterocycles. The molecule has 0 radical (unpaired) electrons. The molecule has 2 saturated carbocycles. The van der Waals surface area contributed by atoms with Gasteiger partial charge in [0.05, 0.1) is 17.8 Å². The van der Waals surface area contributed by atoms with Gasteiger partial charge in [0.15, 0.2) is 0 Å². The summed E-state index contributed by atoms with van der Waals surface area (Å²) >= 11 is 0. The first-order chi connectivity index (χ1) is 11.1. The number of hydrogen-bond donors (Lipinski definition) is 4. The van der Waals surface area contributed by atoms with E-state index in [1.807, 2.05) is 13.0 Å². The number of fused-ring (bicyclic) bond motifs is 3. The summed E-state index contributed by atoms with van der Waals surface area (Å²) in [5, 5.41) is 42.4. The summed E-state index contributed by atoms with van der Waals surface area (Å²) in [5.74, 6) is 0.232. The SMILES string of the molecule is C[C@@H]1CC[C@H]2C(=C[C@H](O)[C@H]3[C@]2(C)[C@@H](O)CC[C@]3(C)O)[C@@]1(C)CCO. The van der Waals surface area contributed by atoms with Crippen LogP contribution in [0.4, 0.5) is 0 Å². The van der Waals surface area contributed by atoms with Gasteiger partial charge < -0.3 is 20.4 Å². The minimum Gasteiger partial charge on any atom is -0.396 e. The van der Waals surface area contributed by atoms with Gasteiger partial charge in [-0.05, 0) is 56.3 Å². The lowest BCUT2D eigenvalue weighted by Gasteiger charge is -2.63. The third-order valence-corrected chi connectivity index (χ3v) is 8.07. The Bertz CT molecular complexity index is 528. The maximum absolute atomic E-state index is 11.0. The van der Waals surface area contributed by atoms with Gasteiger partial charge in [-0.3, -0.25) is 0 Å². The molecule has 3 aliphatic rings. The third-order valence-electron chi connectivity index (χ3n) is 8.07. The van der Waals surface area contributed by atoms with Crippen molar-refractivity contribution in [3.05, 3.63) is 11.6 Å². The van der Waals surface area contributed by atoms with Gasteiger partial charge in [0.2, 0.25) is 0 Å². The predicted octanol–water partition coefficient (Wildman–Crippen LogP) is 2.25. The molecule has 0 aliphatic heterocycles. The first-order valence-corrected chi connectivity index (χ1v) is 9.50. The van der Waals surface area contributed by atoms with Crippen molar-refractivity contribution in [1.29, 1.82) is 0 Å². The Morgan fingerprint density at radius 1 is 1.12 bits per heavy atom. The van der Waals surface area contributed by atoms with Gasteiger partial charge in [-0.15, -0.1) is 0 Å². The van der Waals surface area contributed by atoms with Crippen molar-refractivity contribution in [1.82, 2.24) is 0 Å². The fourth-order valence-electron chi connectivity index (χ4n) is 6.39. The Morgan fingerprint density at radius 3 is 2.42 bits per heavy atom. The second-order valence-corrected chi connectivity index (χ2v) is 9.29. The summed E-state index contributed by atoms with van der Waals surface area (Å²) in [6.45, 7) is 8.41. The van der Waals surface area contributed by atoms with Crippen molar-refractivity contribution in [2.75, 3.05) is 6.61 Å². The zero-order valence-electron chi connectivity index (χ0n) is 15.5. The minimum atomic E-state index is -0.966. The molecule has 3 rings (SSSR count). The Hall–Kier alpha value is -0.420. The minimum absolute atomic E-state index is 0.126. The molecular formula is C20H34O4. The Morgan fingerprint density at radius 2 is 1.79 bits per heavy atom. The molecule has 138 valence electrons. The molecule has 24 heavy (non-hydrogen) atoms. The average Bonchev–Trinajstić information content (AvgIpc) is 2.48. The fraction of sp³-hybridized carbons (Fsp3) is 0.900. The maximum atomic E-state index is 11.0. The Balaban J connectivity index is 2.13. The molecule has 8 atom stereocenters. The molecule has 0 saturated heterocycles. The highest BCUT2D eigenvalue weighted by molar-refractivity contribution is 5.32. The lowest BCUT2D eigenvalue weighted by molar-refractivity contribution is -0.205. The summed E-state index contributed by atoms with van der Waals surface area (Å²) in [6.07, 6.45) is 4.47. The van der Waals surface area contributed by atoms with Crippen LogP contribution in [-0.4, -0.2) is 44.8 Å². The van der Waals surface area contributed by atoms with E-state index >= 15 is 0 Å². The quantitative estimate of drug-likeness (QED) is 0.582. The molecule has 0 aromatic heterocycles. The Labute approximate surface area is 145 Å². The third kappa shape index (κ3) is 2.33. The van der Waals surface area contributed by atoms with Gasteiger partial charge in [0.25, 0.3) is 0 Å². The van der Waals surface area contributed by atoms with Gasteiger partial charge in [0.1, 0.15) is 0 Å². The van der Waals surface area contributed by atoms with Crippen LogP contribution in [0.5, 0.6) is 0 Å². The first-order valence-electron chi connectivity index (χ1n) is 9.50. The van der Waals surface area contributed by atoms with E-state index in [2.05, 4.69) is 20.8 Å². The van der Waals surface area contributed by atoms with Gasteiger partial charge in [-0.25, -0.2) is 0 Å². The summed E-state index contributed by atoms with van der Waals surface area (Å²) in [5.41, 5.74) is -0.456. The number of aliphatic hydroxyl groups is 4. The monoisotopic (exact) mass is 338 g/mol. The Kier molecular flexibility index (Phi) is 4.44. The van der Waals surface area contributed by atoms with Crippen molar-refractivity contribution < 1.29 is 20.4 Å². The van der Waals surface area contributed by atoms with Crippen molar-refractivity contribution >= 4 is 0 Å². The summed E-state index contributed by atoms with van der Waals surface area (Å²) in [7, 11) is 0. The van der Waals surface area contributed by atoms with Crippen LogP contribution in [-0.2, 0) is 0 Å². The normalized spacial score (nSPS) is 54.7. The molecule has 0 amide bonds. The number of aliphatic hydroxyl groups excluding tert-OH is 3. The lowest BCUT2D eigenvalue weighted by Crippen LogP contribution is -2.65. The maximum Gasteiger partial charge on any atom is 0.0785 e. The smallest absolute Gasteiger partial charge is 0.0785 e. The van der Waals surface area contributed by atoms with E-state index in [-0.39, 0.29) is 23.9 Å². The van der Waals surface area contributed by atoms with E-state index in [9.17, 15) is 20.4 Å². The van der Waals surface area contributed by atoms with Gasteiger partial charge in [-0.2, -0.15) is 0 Å². The molecule has 0 bridgehead atoms. The summed E-state index contributed by atoms with van der Waals surface area (Å²) < 4.78 is 0. The second-order valence-electron chi connectivity index (χ2n) is 9.29. The molecule has 3 aliphatic carbocycles. The topological polar surface area (TPSA) is 80.9 Å². The summed E-state index contributed by atoms with van der Waals surface area (Å²) in [6, 6.07) is 0. The van der Waals surface area contributed by atoms with Crippen LogP contribution in [0, 0.1) is 28.6 Å². The highest BCUT2D eigenvalue weighted by atomic mass is 16.3. The molecule has 2 fully saturated rings. The predicted molar refractivity (Wildman–Crippen MR) is 93.2 cm³/mol. The van der Waals surface area contributed by atoms with Crippen molar-refractivity contribution in [2.45, 2.75) is 77.6 Å². The zero-order chi connectivity index (χ0) is 17.9. The highest BCUT2D eigenvalue weighted by Crippen LogP contribution is 2.64. The second kappa shape index (κ2) is 5.80. The largest absolute Gasteiger partial charge is 0.396 e. The van der Waals surface area contributed by atoms with Crippen molar-refractivity contribution in [3.63, 3.8) is 0 Å². The van der Waals surface area contributed by atoms with Crippen LogP contribution in [0.25, 0.3) is 0 Å². The van der Waals surface area contributed by atoms with E-state index in [0.29, 0.717) is 25.2 Å². The van der Waals surface area contributed by atoms with E-state index in [0.717, 1.165) is 12.8 Å². The van der Waals surface area contributed by atoms with Gasteiger partial charge in [0, 0.05) is 17.9 Å². The zero-order valence-corrected chi connectivity index (χ0v) is 15.5. The van der Waals surface area contributed by atoms with Gasteiger partial charge >= 0.3 is 0 Å². The molecular weight excluding hydrogens is 304 g/mol. The van der Waals surface area contributed by atoms with Crippen LogP contribution >= 0.6 is 0 Å². The molecule has 0 aromatic rings. The van der Waals surface area contributed by atoms with Crippen molar-refractivity contribution in [3.8, 4) is 0 Å². The molecule has 4 heteroatoms. The van der Waals surface area contributed by atoms with Crippen LogP contribution in [0.1, 0.15) is 59.8 Å². The van der Waals surface area contributed by atoms with E-state index in [1.165, 1.54) is 5.57 Å². The molecule has 0 aromatic carbocycles. The highest BCUT2D eigenvalue weighted by Gasteiger charge is 2.63. The number of allylic oxidation sites excluding steroid dienone is 1. The lowest BCUT2D eigenvalue weighted by atomic mass is 9.44. The van der Waals surface area contributed by atoms with Crippen LogP contribution < -0.4 is 0 Å². The van der Waals surface area contributed by atoms with E-state index in [4.69, 9.17) is 0 Å². The number of rotatable bonds is 2. The first kappa shape index (κ1) is 18.4. The summed E-state index contributed by atoms with van der Waals surface area (Å²) in [4.78, 5) is 0. The van der Waals surface area contributed by atoms with E-state index in [1.54, 1.807) is 0 Å². The van der Waals surface area contributed by atoms with Crippen LogP contribution in [0.15, 0.2) is 11.6 Å². The molecule has 0 spiro atoms. The van der Waals surface area contributed by atoms with Crippen molar-refractivity contribution in [2.24, 2.45) is 28.6 Å². The van der Waals surface area contributed by atoms with Gasteiger partial charge in [-0.1, -0.05) is 32.4 Å². The van der Waals surface area contributed by atoms with Crippen LogP contribution in [0.3, 0.4) is 0 Å². The molecule has 0 unspecified atom stereocenters. The molecule has 4 N–H and O–H groups in total. The number of hydrogen-bond acceptors (Lipinski definition) is 4. The standard InChI is InChI=1S/C20H34O4/c1-12-5-6-13-14(18(12,2)9-10-21)11-15(22)17-19(3,24)8-7-16(23)20(13,17)4/h11-13,15-17,21-24H,5-10H2,1-4H3/t12-,13+,15+,16+,17-,18+,19+,20+/m1/s1.